The number of aromatic nitrogens is 3. The van der Waals surface area contributed by atoms with Crippen LogP contribution in [0.2, 0.25) is 0 Å². The average molecular weight is 429 g/mol. The second-order valence-corrected chi connectivity index (χ2v) is 8.36. The van der Waals surface area contributed by atoms with Gasteiger partial charge >= 0.3 is 0 Å². The normalized spacial score (nSPS) is 11.0. The molecular formula is C20H17FN4O2S2. The van der Waals surface area contributed by atoms with Crippen molar-refractivity contribution in [2.24, 2.45) is 0 Å². The van der Waals surface area contributed by atoms with Crippen LogP contribution in [-0.2, 0) is 17.6 Å². The lowest BCUT2D eigenvalue weighted by molar-refractivity contribution is -0.116. The van der Waals surface area contributed by atoms with Crippen molar-refractivity contribution in [1.82, 2.24) is 15.1 Å². The summed E-state index contributed by atoms with van der Waals surface area (Å²) in [7, 11) is 0. The van der Waals surface area contributed by atoms with Gasteiger partial charge in [0.2, 0.25) is 17.6 Å². The largest absolute Gasteiger partial charge is 0.339 e. The van der Waals surface area contributed by atoms with Gasteiger partial charge in [-0.15, -0.1) is 22.7 Å². The molecule has 1 amide bonds. The van der Waals surface area contributed by atoms with E-state index in [1.807, 2.05) is 24.4 Å². The van der Waals surface area contributed by atoms with E-state index >= 15 is 0 Å². The molecule has 0 saturated carbocycles. The molecule has 0 spiro atoms. The number of carbonyl (C=O) groups is 1. The summed E-state index contributed by atoms with van der Waals surface area (Å²) in [6.07, 6.45) is 0.990. The van der Waals surface area contributed by atoms with Gasteiger partial charge in [-0.05, 0) is 30.0 Å². The molecule has 3 heterocycles. The number of rotatable bonds is 7. The van der Waals surface area contributed by atoms with Crippen molar-refractivity contribution < 1.29 is 13.7 Å². The lowest BCUT2D eigenvalue weighted by Crippen LogP contribution is -2.12. The van der Waals surface area contributed by atoms with E-state index in [2.05, 4.69) is 20.4 Å². The summed E-state index contributed by atoms with van der Waals surface area (Å²) in [5.41, 5.74) is 1.39. The number of benzene rings is 1. The number of thiazole rings is 1. The second kappa shape index (κ2) is 8.62. The van der Waals surface area contributed by atoms with E-state index in [9.17, 15) is 9.18 Å². The van der Waals surface area contributed by atoms with Crippen LogP contribution in [0.25, 0.3) is 10.7 Å². The van der Waals surface area contributed by atoms with Crippen LogP contribution in [0.1, 0.15) is 28.4 Å². The van der Waals surface area contributed by atoms with Gasteiger partial charge in [-0.2, -0.15) is 4.98 Å². The molecule has 4 aromatic rings. The van der Waals surface area contributed by atoms with Gasteiger partial charge in [0.25, 0.3) is 0 Å². The van der Waals surface area contributed by atoms with Gasteiger partial charge in [0, 0.05) is 24.1 Å². The standard InChI is InChI=1S/C20H17FN4O2S2/c1-12-16(11-13-5-2-3-6-14(13)21)29-20(22-12)23-17(26)8-9-18-24-19(25-27-18)15-7-4-10-28-15/h2-7,10H,8-9,11H2,1H3,(H,22,23,26). The minimum Gasteiger partial charge on any atom is -0.339 e. The fraction of sp³-hybridized carbons (Fsp3) is 0.200. The van der Waals surface area contributed by atoms with E-state index in [1.165, 1.54) is 28.7 Å². The summed E-state index contributed by atoms with van der Waals surface area (Å²) in [5, 5.41) is 9.17. The Labute approximate surface area is 174 Å². The summed E-state index contributed by atoms with van der Waals surface area (Å²) in [5.74, 6) is 0.516. The first-order valence-electron chi connectivity index (χ1n) is 8.94. The molecule has 4 rings (SSSR count). The summed E-state index contributed by atoms with van der Waals surface area (Å²) in [6.45, 7) is 1.85. The Morgan fingerprint density at radius 1 is 1.21 bits per heavy atom. The Morgan fingerprint density at radius 2 is 2.07 bits per heavy atom. The Kier molecular flexibility index (Phi) is 5.77. The summed E-state index contributed by atoms with van der Waals surface area (Å²) >= 11 is 2.88. The number of hydrogen-bond donors (Lipinski definition) is 1. The van der Waals surface area contributed by atoms with Crippen LogP contribution in [0.15, 0.2) is 46.3 Å². The predicted octanol–water partition coefficient (Wildman–Crippen LogP) is 4.86. The number of nitrogens with zero attached hydrogens (tertiary/aromatic N) is 3. The number of hydrogen-bond acceptors (Lipinski definition) is 7. The number of aryl methyl sites for hydroxylation is 2. The zero-order valence-corrected chi connectivity index (χ0v) is 17.1. The lowest BCUT2D eigenvalue weighted by Gasteiger charge is -2.01. The number of carbonyl (C=O) groups excluding carboxylic acids is 1. The van der Waals surface area contributed by atoms with Gasteiger partial charge in [0.05, 0.1) is 10.6 Å². The number of halogens is 1. The van der Waals surface area contributed by atoms with E-state index in [-0.39, 0.29) is 18.1 Å². The molecule has 9 heteroatoms. The highest BCUT2D eigenvalue weighted by Gasteiger charge is 2.14. The van der Waals surface area contributed by atoms with Crippen LogP contribution < -0.4 is 5.32 Å². The molecule has 1 N–H and O–H groups in total. The highest BCUT2D eigenvalue weighted by molar-refractivity contribution is 7.16. The molecule has 29 heavy (non-hydrogen) atoms. The smallest absolute Gasteiger partial charge is 0.227 e. The van der Waals surface area contributed by atoms with E-state index < -0.39 is 0 Å². The zero-order valence-electron chi connectivity index (χ0n) is 15.5. The molecule has 0 aliphatic rings. The van der Waals surface area contributed by atoms with Crippen molar-refractivity contribution in [3.8, 4) is 10.7 Å². The molecule has 0 aliphatic carbocycles. The van der Waals surface area contributed by atoms with E-state index in [0.29, 0.717) is 35.3 Å². The third-order valence-corrected chi connectivity index (χ3v) is 6.16. The fourth-order valence-electron chi connectivity index (χ4n) is 2.72. The topological polar surface area (TPSA) is 80.9 Å². The quantitative estimate of drug-likeness (QED) is 0.454. The van der Waals surface area contributed by atoms with E-state index in [0.717, 1.165) is 15.4 Å². The molecule has 0 unspecified atom stereocenters. The molecule has 0 radical (unpaired) electrons. The third-order valence-electron chi connectivity index (χ3n) is 4.22. The van der Waals surface area contributed by atoms with Crippen molar-refractivity contribution in [1.29, 1.82) is 0 Å². The highest BCUT2D eigenvalue weighted by Crippen LogP contribution is 2.26. The van der Waals surface area contributed by atoms with Crippen molar-refractivity contribution in [2.75, 3.05) is 5.32 Å². The third kappa shape index (κ3) is 4.75. The van der Waals surface area contributed by atoms with Crippen LogP contribution in [-0.4, -0.2) is 21.0 Å². The van der Waals surface area contributed by atoms with Crippen LogP contribution in [0.4, 0.5) is 9.52 Å². The van der Waals surface area contributed by atoms with Crippen LogP contribution >= 0.6 is 22.7 Å². The first-order chi connectivity index (χ1) is 14.1. The Morgan fingerprint density at radius 3 is 2.86 bits per heavy atom. The van der Waals surface area contributed by atoms with Gasteiger partial charge in [-0.3, -0.25) is 4.79 Å². The molecular weight excluding hydrogens is 411 g/mol. The van der Waals surface area contributed by atoms with Crippen LogP contribution in [0.5, 0.6) is 0 Å². The number of amides is 1. The highest BCUT2D eigenvalue weighted by atomic mass is 32.1. The number of thiophene rings is 1. The summed E-state index contributed by atoms with van der Waals surface area (Å²) < 4.78 is 19.1. The average Bonchev–Trinajstić information content (AvgIpc) is 3.44. The molecule has 6 nitrogen and oxygen atoms in total. The van der Waals surface area contributed by atoms with Crippen LogP contribution in [0, 0.1) is 12.7 Å². The number of nitrogens with one attached hydrogen (secondary N) is 1. The SMILES string of the molecule is Cc1nc(NC(=O)CCc2nc(-c3cccs3)no2)sc1Cc1ccccc1F. The Balaban J connectivity index is 1.34. The Bertz CT molecular complexity index is 1120. The fourth-order valence-corrected chi connectivity index (χ4v) is 4.38. The molecule has 1 aromatic carbocycles. The molecule has 0 saturated heterocycles. The number of anilines is 1. The van der Waals surface area contributed by atoms with Crippen molar-refractivity contribution >= 4 is 33.7 Å². The maximum atomic E-state index is 13.9. The maximum absolute atomic E-state index is 13.9. The zero-order chi connectivity index (χ0) is 20.2. The first kappa shape index (κ1) is 19.4. The molecule has 3 aromatic heterocycles. The summed E-state index contributed by atoms with van der Waals surface area (Å²) in [4.78, 5) is 22.8. The van der Waals surface area contributed by atoms with Gasteiger partial charge in [-0.25, -0.2) is 9.37 Å². The maximum Gasteiger partial charge on any atom is 0.227 e. The molecule has 0 bridgehead atoms. The second-order valence-electron chi connectivity index (χ2n) is 6.33. The molecule has 0 atom stereocenters. The van der Waals surface area contributed by atoms with Gasteiger partial charge in [-0.1, -0.05) is 29.4 Å². The van der Waals surface area contributed by atoms with E-state index in [1.54, 1.807) is 18.2 Å². The monoisotopic (exact) mass is 428 g/mol. The lowest BCUT2D eigenvalue weighted by atomic mass is 10.1. The van der Waals surface area contributed by atoms with Crippen molar-refractivity contribution in [3.05, 3.63) is 69.6 Å². The predicted molar refractivity (Wildman–Crippen MR) is 111 cm³/mol. The molecule has 148 valence electrons. The van der Waals surface area contributed by atoms with Gasteiger partial charge in [0.15, 0.2) is 5.13 Å². The van der Waals surface area contributed by atoms with Gasteiger partial charge < -0.3 is 9.84 Å². The molecule has 0 fully saturated rings. The first-order valence-corrected chi connectivity index (χ1v) is 10.6. The summed E-state index contributed by atoms with van der Waals surface area (Å²) in [6, 6.07) is 10.5. The van der Waals surface area contributed by atoms with E-state index in [4.69, 9.17) is 4.52 Å². The van der Waals surface area contributed by atoms with Crippen molar-refractivity contribution in [2.45, 2.75) is 26.2 Å². The van der Waals surface area contributed by atoms with Crippen LogP contribution in [0.3, 0.4) is 0 Å². The minimum atomic E-state index is -0.243. The van der Waals surface area contributed by atoms with Gasteiger partial charge in [0.1, 0.15) is 5.82 Å². The Hall–Kier alpha value is -2.91. The minimum absolute atomic E-state index is 0.188. The van der Waals surface area contributed by atoms with Crippen molar-refractivity contribution in [3.63, 3.8) is 0 Å². The molecule has 0 aliphatic heterocycles.